The highest BCUT2D eigenvalue weighted by Crippen LogP contribution is 2.27. The second kappa shape index (κ2) is 8.13. The molecule has 126 valence electrons. The first-order valence-corrected chi connectivity index (χ1v) is 8.05. The molecule has 1 N–H and O–H groups in total. The van der Waals surface area contributed by atoms with Crippen molar-refractivity contribution in [2.45, 2.75) is 0 Å². The van der Waals surface area contributed by atoms with Gasteiger partial charge in [-0.25, -0.2) is 0 Å². The molecule has 0 atom stereocenters. The summed E-state index contributed by atoms with van der Waals surface area (Å²) in [5, 5.41) is 9.24. The first-order valence-electron chi connectivity index (χ1n) is 8.05. The predicted molar refractivity (Wildman–Crippen MR) is 103 cm³/mol. The fourth-order valence-electron chi connectivity index (χ4n) is 2.68. The van der Waals surface area contributed by atoms with E-state index in [1.807, 2.05) is 36.4 Å². The molecule has 0 saturated heterocycles. The topological polar surface area (TPSA) is 42.8 Å². The molecule has 3 aromatic carbocycles. The van der Waals surface area contributed by atoms with Gasteiger partial charge in [0.2, 0.25) is 0 Å². The minimum Gasteiger partial charge on any atom is -0.391 e. The van der Waals surface area contributed by atoms with Gasteiger partial charge in [-0.15, -0.1) is 6.58 Å². The van der Waals surface area contributed by atoms with Gasteiger partial charge in [-0.3, -0.25) is 10.3 Å². The molecule has 0 spiro atoms. The van der Waals surface area contributed by atoms with Crippen molar-refractivity contribution in [2.75, 3.05) is 18.7 Å². The van der Waals surface area contributed by atoms with Crippen molar-refractivity contribution in [3.8, 4) is 0 Å². The molecule has 4 nitrogen and oxygen atoms in total. The third kappa shape index (κ3) is 3.70. The zero-order chi connectivity index (χ0) is 17.5. The van der Waals surface area contributed by atoms with Crippen LogP contribution in [0.3, 0.4) is 0 Å². The van der Waals surface area contributed by atoms with Gasteiger partial charge >= 0.3 is 0 Å². The highest BCUT2D eigenvalue weighted by molar-refractivity contribution is 6.09. The number of hydrogen-bond acceptors (Lipinski definition) is 4. The molecule has 4 heteroatoms. The lowest BCUT2D eigenvalue weighted by Crippen LogP contribution is -2.05. The average Bonchev–Trinajstić information content (AvgIpc) is 2.78. The van der Waals surface area contributed by atoms with Crippen LogP contribution in [0.2, 0.25) is 0 Å². The molecular weight excluding hydrogens is 312 g/mol. The van der Waals surface area contributed by atoms with Crippen LogP contribution in [0, 0.1) is 0 Å². The van der Waals surface area contributed by atoms with Gasteiger partial charge < -0.3 is 4.84 Å². The lowest BCUT2D eigenvalue weighted by Gasteiger charge is -2.06. The van der Waals surface area contributed by atoms with Crippen LogP contribution in [-0.4, -0.2) is 13.2 Å². The van der Waals surface area contributed by atoms with Crippen molar-refractivity contribution in [1.29, 1.82) is 0 Å². The number of nitrogens with one attached hydrogen (secondary N) is 1. The Bertz CT molecular complexity index is 980. The molecule has 0 saturated carbocycles. The summed E-state index contributed by atoms with van der Waals surface area (Å²) in [5.74, 6) is 0. The number of fused-ring (bicyclic) bond motifs is 3. The summed E-state index contributed by atoms with van der Waals surface area (Å²) in [6.45, 7) is 8.06. The zero-order valence-corrected chi connectivity index (χ0v) is 13.9. The fourth-order valence-corrected chi connectivity index (χ4v) is 2.68. The Kier molecular flexibility index (Phi) is 5.44. The molecule has 0 aliphatic rings. The van der Waals surface area contributed by atoms with E-state index in [-0.39, 0.29) is 0 Å². The molecule has 3 rings (SSSR count). The lowest BCUT2D eigenvalue weighted by atomic mass is 10.1. The SMILES string of the molecule is C=CCON=c1cc(NOCC=C)c2ccccc2c2ccccc12. The van der Waals surface area contributed by atoms with Crippen LogP contribution in [0.1, 0.15) is 0 Å². The number of nitrogens with zero attached hydrogens (tertiary/aromatic N) is 1. The minimum atomic E-state index is 0.349. The third-order valence-electron chi connectivity index (χ3n) is 3.73. The summed E-state index contributed by atoms with van der Waals surface area (Å²) >= 11 is 0. The Balaban J connectivity index is 2.33. The van der Waals surface area contributed by atoms with Gasteiger partial charge in [-0.05, 0) is 16.8 Å². The molecule has 0 aromatic heterocycles. The zero-order valence-electron chi connectivity index (χ0n) is 13.9. The molecule has 25 heavy (non-hydrogen) atoms. The molecule has 0 radical (unpaired) electrons. The summed E-state index contributed by atoms with van der Waals surface area (Å²) < 4.78 is 0. The molecule has 0 bridgehead atoms. The standard InChI is InChI=1S/C21H20N2O2/c1-3-13-24-22-20-15-21(23-25-14-4-2)19-12-8-6-10-17(19)16-9-5-7-11-18(16)20/h3-12,15,22H,1-2,13-14H2. The molecule has 3 aromatic rings. The van der Waals surface area contributed by atoms with Crippen molar-refractivity contribution in [3.63, 3.8) is 0 Å². The Morgan fingerprint density at radius 3 is 2.12 bits per heavy atom. The number of rotatable bonds is 7. The summed E-state index contributed by atoms with van der Waals surface area (Å²) in [5.41, 5.74) is 3.82. The molecule has 0 unspecified atom stereocenters. The molecule has 0 aliphatic heterocycles. The van der Waals surface area contributed by atoms with E-state index in [9.17, 15) is 0 Å². The van der Waals surface area contributed by atoms with Gasteiger partial charge in [-0.2, -0.15) is 0 Å². The van der Waals surface area contributed by atoms with Crippen LogP contribution in [0.5, 0.6) is 0 Å². The van der Waals surface area contributed by atoms with Crippen molar-refractivity contribution >= 4 is 27.2 Å². The predicted octanol–water partition coefficient (Wildman–Crippen LogP) is 4.54. The van der Waals surface area contributed by atoms with Crippen LogP contribution < -0.4 is 10.8 Å². The average molecular weight is 332 g/mol. The number of anilines is 1. The molecular formula is C21H20N2O2. The lowest BCUT2D eigenvalue weighted by molar-refractivity contribution is 0.163. The summed E-state index contributed by atoms with van der Waals surface area (Å²) in [4.78, 5) is 10.8. The Morgan fingerprint density at radius 1 is 0.840 bits per heavy atom. The first kappa shape index (κ1) is 16.7. The van der Waals surface area contributed by atoms with E-state index in [0.717, 1.165) is 32.6 Å². The van der Waals surface area contributed by atoms with Crippen LogP contribution in [-0.2, 0) is 9.68 Å². The highest BCUT2D eigenvalue weighted by Gasteiger charge is 2.06. The second-order valence-corrected chi connectivity index (χ2v) is 5.41. The summed E-state index contributed by atoms with van der Waals surface area (Å²) in [6, 6.07) is 18.2. The van der Waals surface area contributed by atoms with E-state index in [0.29, 0.717) is 13.2 Å². The van der Waals surface area contributed by atoms with Crippen molar-refractivity contribution < 1.29 is 9.68 Å². The maximum atomic E-state index is 5.46. The van der Waals surface area contributed by atoms with E-state index in [1.165, 1.54) is 0 Å². The van der Waals surface area contributed by atoms with Crippen molar-refractivity contribution in [1.82, 2.24) is 0 Å². The monoisotopic (exact) mass is 332 g/mol. The van der Waals surface area contributed by atoms with Crippen LogP contribution in [0.15, 0.2) is 85.1 Å². The molecule has 0 aliphatic carbocycles. The maximum absolute atomic E-state index is 5.46. The van der Waals surface area contributed by atoms with Gasteiger partial charge in [0, 0.05) is 10.8 Å². The van der Waals surface area contributed by atoms with Crippen molar-refractivity contribution in [3.05, 3.63) is 85.3 Å². The second-order valence-electron chi connectivity index (χ2n) is 5.41. The molecule has 0 heterocycles. The number of hydrogen-bond donors (Lipinski definition) is 1. The van der Waals surface area contributed by atoms with E-state index < -0.39 is 0 Å². The van der Waals surface area contributed by atoms with Gasteiger partial charge in [0.1, 0.15) is 12.0 Å². The van der Waals surface area contributed by atoms with Gasteiger partial charge in [0.25, 0.3) is 0 Å². The van der Waals surface area contributed by atoms with E-state index >= 15 is 0 Å². The highest BCUT2D eigenvalue weighted by atomic mass is 16.6. The van der Waals surface area contributed by atoms with E-state index in [2.05, 4.69) is 42.0 Å². The van der Waals surface area contributed by atoms with Gasteiger partial charge in [0.05, 0.1) is 12.3 Å². The van der Waals surface area contributed by atoms with Crippen LogP contribution in [0.25, 0.3) is 21.5 Å². The van der Waals surface area contributed by atoms with E-state index in [4.69, 9.17) is 9.68 Å². The molecule has 0 amide bonds. The van der Waals surface area contributed by atoms with Crippen LogP contribution in [0.4, 0.5) is 5.69 Å². The number of benzene rings is 2. The van der Waals surface area contributed by atoms with Crippen LogP contribution >= 0.6 is 0 Å². The summed E-state index contributed by atoms with van der Waals surface area (Å²) in [6.07, 6.45) is 3.35. The Morgan fingerprint density at radius 2 is 1.44 bits per heavy atom. The minimum absolute atomic E-state index is 0.349. The fraction of sp³-hybridized carbons (Fsp3) is 0.0952. The Labute approximate surface area is 146 Å². The Hall–Kier alpha value is -3.11. The summed E-state index contributed by atoms with van der Waals surface area (Å²) in [7, 11) is 0. The van der Waals surface area contributed by atoms with Crippen molar-refractivity contribution in [2.24, 2.45) is 5.16 Å². The third-order valence-corrected chi connectivity index (χ3v) is 3.73. The normalized spacial score (nSPS) is 11.4. The van der Waals surface area contributed by atoms with Gasteiger partial charge in [0.15, 0.2) is 0 Å². The van der Waals surface area contributed by atoms with Gasteiger partial charge in [-0.1, -0.05) is 72.4 Å². The van der Waals surface area contributed by atoms with E-state index in [1.54, 1.807) is 12.2 Å². The largest absolute Gasteiger partial charge is 0.391 e. The first-order chi connectivity index (χ1) is 12.3. The quantitative estimate of drug-likeness (QED) is 0.392. The maximum Gasteiger partial charge on any atom is 0.135 e. The smallest absolute Gasteiger partial charge is 0.135 e. The molecule has 0 fully saturated rings.